The second-order valence-corrected chi connectivity index (χ2v) is 6.87. The van der Waals surface area contributed by atoms with Gasteiger partial charge < -0.3 is 5.73 Å². The summed E-state index contributed by atoms with van der Waals surface area (Å²) in [5.41, 5.74) is 6.97. The van der Waals surface area contributed by atoms with Gasteiger partial charge in [0.1, 0.15) is 0 Å². The summed E-state index contributed by atoms with van der Waals surface area (Å²) in [6, 6.07) is 1.76. The maximum Gasteiger partial charge on any atom is 0.278 e. The number of rotatable bonds is 3. The molecule has 0 aliphatic carbocycles. The summed E-state index contributed by atoms with van der Waals surface area (Å²) in [4.78, 5) is 8.12. The molecular weight excluding hydrogens is 264 g/mol. The van der Waals surface area contributed by atoms with Gasteiger partial charge in [-0.2, -0.15) is 4.31 Å². The molecule has 0 amide bonds. The summed E-state index contributed by atoms with van der Waals surface area (Å²) in [6.45, 7) is 5.04. The fourth-order valence-electron chi connectivity index (χ4n) is 2.36. The van der Waals surface area contributed by atoms with E-state index in [1.165, 1.54) is 4.31 Å². The highest BCUT2D eigenvalue weighted by atomic mass is 32.2. The summed E-state index contributed by atoms with van der Waals surface area (Å²) >= 11 is 0. The first-order valence-electron chi connectivity index (χ1n) is 6.46. The predicted octanol–water partition coefficient (Wildman–Crippen LogP) is 0.453. The smallest absolute Gasteiger partial charge is 0.278 e. The van der Waals surface area contributed by atoms with E-state index < -0.39 is 10.0 Å². The maximum absolute atomic E-state index is 12.5. The van der Waals surface area contributed by atoms with Crippen LogP contribution in [0.5, 0.6) is 0 Å². The van der Waals surface area contributed by atoms with Crippen LogP contribution < -0.4 is 5.73 Å². The van der Waals surface area contributed by atoms with Crippen LogP contribution in [0, 0.1) is 19.8 Å². The first kappa shape index (κ1) is 14.4. The van der Waals surface area contributed by atoms with Crippen molar-refractivity contribution in [2.45, 2.75) is 31.8 Å². The van der Waals surface area contributed by atoms with Crippen LogP contribution in [0.3, 0.4) is 0 Å². The molecule has 1 unspecified atom stereocenters. The minimum atomic E-state index is -3.59. The molecule has 1 aromatic heterocycles. The van der Waals surface area contributed by atoms with E-state index in [0.29, 0.717) is 31.0 Å². The van der Waals surface area contributed by atoms with Crippen molar-refractivity contribution in [1.29, 1.82) is 0 Å². The van der Waals surface area contributed by atoms with E-state index in [9.17, 15) is 8.42 Å². The minimum Gasteiger partial charge on any atom is -0.330 e. The molecule has 2 N–H and O–H groups in total. The molecule has 2 heterocycles. The Kier molecular flexibility index (Phi) is 4.17. The lowest BCUT2D eigenvalue weighted by Gasteiger charge is -2.30. The van der Waals surface area contributed by atoms with Crippen molar-refractivity contribution < 1.29 is 8.42 Å². The largest absolute Gasteiger partial charge is 0.330 e. The Morgan fingerprint density at radius 2 is 2.00 bits per heavy atom. The molecule has 1 saturated heterocycles. The average Bonchev–Trinajstić information content (AvgIpc) is 2.37. The van der Waals surface area contributed by atoms with Crippen LogP contribution in [-0.4, -0.2) is 42.3 Å². The first-order chi connectivity index (χ1) is 8.93. The molecule has 1 aliphatic rings. The highest BCUT2D eigenvalue weighted by molar-refractivity contribution is 7.88. The van der Waals surface area contributed by atoms with Gasteiger partial charge in [0.05, 0.1) is 0 Å². The highest BCUT2D eigenvalue weighted by Gasteiger charge is 2.31. The van der Waals surface area contributed by atoms with Gasteiger partial charge in [-0.15, -0.1) is 0 Å². The molecule has 1 aromatic rings. The lowest BCUT2D eigenvalue weighted by molar-refractivity contribution is 0.270. The molecular formula is C12H20N4O2S. The highest BCUT2D eigenvalue weighted by Crippen LogP contribution is 2.21. The first-order valence-corrected chi connectivity index (χ1v) is 7.90. The van der Waals surface area contributed by atoms with Gasteiger partial charge in [0.25, 0.3) is 15.2 Å². The second kappa shape index (κ2) is 5.52. The van der Waals surface area contributed by atoms with E-state index in [4.69, 9.17) is 5.73 Å². The van der Waals surface area contributed by atoms with Gasteiger partial charge in [0.15, 0.2) is 0 Å². The van der Waals surface area contributed by atoms with E-state index in [1.54, 1.807) is 19.9 Å². The van der Waals surface area contributed by atoms with Crippen LogP contribution in [0.2, 0.25) is 0 Å². The summed E-state index contributed by atoms with van der Waals surface area (Å²) < 4.78 is 26.5. The second-order valence-electron chi connectivity index (χ2n) is 5.04. The molecule has 1 aliphatic heterocycles. The quantitative estimate of drug-likeness (QED) is 0.814. The molecule has 0 bridgehead atoms. The third kappa shape index (κ3) is 3.10. The van der Waals surface area contributed by atoms with Crippen molar-refractivity contribution in [1.82, 2.24) is 14.3 Å². The Morgan fingerprint density at radius 3 is 2.58 bits per heavy atom. The molecule has 0 aromatic carbocycles. The van der Waals surface area contributed by atoms with Gasteiger partial charge in [-0.25, -0.2) is 18.4 Å². The van der Waals surface area contributed by atoms with Crippen LogP contribution in [0.25, 0.3) is 0 Å². The molecule has 106 valence electrons. The standard InChI is InChI=1S/C12H20N4O2S/c1-9-6-10(2)15-12(14-9)19(17,18)16-5-3-4-11(7-13)8-16/h6,11H,3-5,7-8,13H2,1-2H3. The van der Waals surface area contributed by atoms with Gasteiger partial charge in [-0.3, -0.25) is 0 Å². The molecule has 6 nitrogen and oxygen atoms in total. The van der Waals surface area contributed by atoms with Crippen molar-refractivity contribution in [3.63, 3.8) is 0 Å². The van der Waals surface area contributed by atoms with Crippen molar-refractivity contribution in [3.05, 3.63) is 17.5 Å². The number of sulfonamides is 1. The fraction of sp³-hybridized carbons (Fsp3) is 0.667. The zero-order valence-electron chi connectivity index (χ0n) is 11.3. The molecule has 1 fully saturated rings. The Morgan fingerprint density at radius 1 is 1.37 bits per heavy atom. The van der Waals surface area contributed by atoms with E-state index in [-0.39, 0.29) is 11.1 Å². The molecule has 0 radical (unpaired) electrons. The number of nitrogens with zero attached hydrogens (tertiary/aromatic N) is 3. The van der Waals surface area contributed by atoms with E-state index in [2.05, 4.69) is 9.97 Å². The predicted molar refractivity (Wildman–Crippen MR) is 72.0 cm³/mol. The van der Waals surface area contributed by atoms with Crippen LogP contribution in [-0.2, 0) is 10.0 Å². The normalized spacial score (nSPS) is 21.5. The van der Waals surface area contributed by atoms with Crippen molar-refractivity contribution in [2.24, 2.45) is 11.7 Å². The third-order valence-corrected chi connectivity index (χ3v) is 5.00. The molecule has 0 spiro atoms. The molecule has 1 atom stereocenters. The Hall–Kier alpha value is -1.05. The van der Waals surface area contributed by atoms with Crippen LogP contribution in [0.4, 0.5) is 0 Å². The maximum atomic E-state index is 12.5. The summed E-state index contributed by atoms with van der Waals surface area (Å²) in [6.07, 6.45) is 1.82. The van der Waals surface area contributed by atoms with E-state index in [1.807, 2.05) is 0 Å². The number of piperidine rings is 1. The lowest BCUT2D eigenvalue weighted by atomic mass is 10.0. The van der Waals surface area contributed by atoms with Crippen LogP contribution in [0.15, 0.2) is 11.2 Å². The van der Waals surface area contributed by atoms with Gasteiger partial charge in [0.2, 0.25) is 0 Å². The van der Waals surface area contributed by atoms with Crippen molar-refractivity contribution >= 4 is 10.0 Å². The third-order valence-electron chi connectivity index (χ3n) is 3.35. The van der Waals surface area contributed by atoms with Gasteiger partial charge in [0, 0.05) is 24.5 Å². The van der Waals surface area contributed by atoms with E-state index >= 15 is 0 Å². The molecule has 7 heteroatoms. The zero-order chi connectivity index (χ0) is 14.0. The topological polar surface area (TPSA) is 89.2 Å². The zero-order valence-corrected chi connectivity index (χ0v) is 12.2. The minimum absolute atomic E-state index is 0.0947. The number of aryl methyl sites for hydroxylation is 2. The summed E-state index contributed by atoms with van der Waals surface area (Å²) in [7, 11) is -3.59. The van der Waals surface area contributed by atoms with E-state index in [0.717, 1.165) is 12.8 Å². The Labute approximate surface area is 114 Å². The molecule has 0 saturated carbocycles. The van der Waals surface area contributed by atoms with Crippen LogP contribution in [0.1, 0.15) is 24.2 Å². The number of aromatic nitrogens is 2. The molecule has 19 heavy (non-hydrogen) atoms. The summed E-state index contributed by atoms with van der Waals surface area (Å²) in [5.74, 6) is 0.231. The SMILES string of the molecule is Cc1cc(C)nc(S(=O)(=O)N2CCCC(CN)C2)n1. The van der Waals surface area contributed by atoms with Crippen molar-refractivity contribution in [2.75, 3.05) is 19.6 Å². The lowest BCUT2D eigenvalue weighted by Crippen LogP contribution is -2.42. The van der Waals surface area contributed by atoms with Gasteiger partial charge in [-0.1, -0.05) is 0 Å². The number of hydrogen-bond acceptors (Lipinski definition) is 5. The monoisotopic (exact) mass is 284 g/mol. The summed E-state index contributed by atoms with van der Waals surface area (Å²) in [5, 5.41) is -0.0947. The Bertz CT molecular complexity index is 539. The van der Waals surface area contributed by atoms with Gasteiger partial charge >= 0.3 is 0 Å². The number of nitrogens with two attached hydrogens (primary N) is 1. The van der Waals surface area contributed by atoms with Gasteiger partial charge in [-0.05, 0) is 45.2 Å². The Balaban J connectivity index is 2.31. The average molecular weight is 284 g/mol. The van der Waals surface area contributed by atoms with Crippen molar-refractivity contribution in [3.8, 4) is 0 Å². The van der Waals surface area contributed by atoms with Crippen LogP contribution >= 0.6 is 0 Å². The fourth-order valence-corrected chi connectivity index (χ4v) is 3.89. The molecule has 2 rings (SSSR count). The number of hydrogen-bond donors (Lipinski definition) is 1.